The van der Waals surface area contributed by atoms with E-state index >= 15 is 0 Å². The van der Waals surface area contributed by atoms with Crippen molar-refractivity contribution in [1.82, 2.24) is 4.98 Å². The molecule has 0 saturated carbocycles. The number of aliphatic hydroxyl groups excluding tert-OH is 1. The lowest BCUT2D eigenvalue weighted by Gasteiger charge is -2.14. The van der Waals surface area contributed by atoms with E-state index in [1.54, 1.807) is 11.3 Å². The summed E-state index contributed by atoms with van der Waals surface area (Å²) in [5, 5.41) is 11.0. The van der Waals surface area contributed by atoms with Crippen molar-refractivity contribution < 1.29 is 9.84 Å². The number of aryl methyl sites for hydroxylation is 1. The van der Waals surface area contributed by atoms with Crippen molar-refractivity contribution in [3.63, 3.8) is 0 Å². The predicted octanol–water partition coefficient (Wildman–Crippen LogP) is 3.58. The summed E-state index contributed by atoms with van der Waals surface area (Å²) in [4.78, 5) is 5.86. The Morgan fingerprint density at radius 1 is 1.42 bits per heavy atom. The molecular formula is C15H17NO2S. The molecule has 1 aromatic carbocycles. The highest BCUT2D eigenvalue weighted by Crippen LogP contribution is 2.39. The molecule has 0 saturated heterocycles. The number of thiazole rings is 1. The van der Waals surface area contributed by atoms with Gasteiger partial charge < -0.3 is 9.84 Å². The molecule has 0 radical (unpaired) electrons. The van der Waals surface area contributed by atoms with Crippen LogP contribution in [0.4, 0.5) is 0 Å². The number of rotatable bonds is 3. The summed E-state index contributed by atoms with van der Waals surface area (Å²) >= 11 is 1.68. The molecule has 0 spiro atoms. The molecular weight excluding hydrogens is 258 g/mol. The van der Waals surface area contributed by atoms with Crippen molar-refractivity contribution in [2.24, 2.45) is 0 Å². The highest BCUT2D eigenvalue weighted by atomic mass is 32.1. The van der Waals surface area contributed by atoms with Crippen molar-refractivity contribution in [2.75, 3.05) is 6.61 Å². The Balaban J connectivity index is 2.03. The van der Waals surface area contributed by atoms with Gasteiger partial charge in [0, 0.05) is 4.88 Å². The van der Waals surface area contributed by atoms with Crippen LogP contribution in [0, 0.1) is 0 Å². The van der Waals surface area contributed by atoms with Crippen LogP contribution in [0.5, 0.6) is 5.75 Å². The topological polar surface area (TPSA) is 42.4 Å². The van der Waals surface area contributed by atoms with E-state index in [9.17, 15) is 5.11 Å². The molecule has 0 aliphatic heterocycles. The zero-order valence-electron chi connectivity index (χ0n) is 10.9. The summed E-state index contributed by atoms with van der Waals surface area (Å²) in [6, 6.07) is 7.96. The van der Waals surface area contributed by atoms with Crippen LogP contribution < -0.4 is 4.74 Å². The molecule has 19 heavy (non-hydrogen) atoms. The molecule has 1 aliphatic rings. The second kappa shape index (κ2) is 5.31. The third-order valence-electron chi connectivity index (χ3n) is 3.34. The van der Waals surface area contributed by atoms with Crippen LogP contribution in [0.1, 0.15) is 36.4 Å². The number of benzene rings is 1. The average molecular weight is 275 g/mol. The maximum Gasteiger partial charge on any atom is 0.129 e. The summed E-state index contributed by atoms with van der Waals surface area (Å²) in [6.45, 7) is 2.62. The molecule has 100 valence electrons. The van der Waals surface area contributed by atoms with Gasteiger partial charge in [0.25, 0.3) is 0 Å². The van der Waals surface area contributed by atoms with Gasteiger partial charge >= 0.3 is 0 Å². The lowest BCUT2D eigenvalue weighted by atomic mass is 10.0. The van der Waals surface area contributed by atoms with Gasteiger partial charge in [-0.3, -0.25) is 0 Å². The Hall–Kier alpha value is -1.39. The number of hydrogen-bond acceptors (Lipinski definition) is 4. The molecule has 3 rings (SSSR count). The summed E-state index contributed by atoms with van der Waals surface area (Å²) < 4.78 is 5.65. The molecule has 0 bridgehead atoms. The lowest BCUT2D eigenvalue weighted by Crippen LogP contribution is -2.07. The number of aromatic nitrogens is 1. The van der Waals surface area contributed by atoms with E-state index in [2.05, 4.69) is 4.98 Å². The highest BCUT2D eigenvalue weighted by Gasteiger charge is 2.24. The fourth-order valence-electron chi connectivity index (χ4n) is 2.44. The highest BCUT2D eigenvalue weighted by molar-refractivity contribution is 7.15. The standard InChI is InChI=1S/C15H17NO2S/c1-2-18-12-8-4-3-6-10(12)15-16-14-11(17)7-5-9-13(14)19-15/h3-4,6,8,11,17H,2,5,7,9H2,1H3. The quantitative estimate of drug-likeness (QED) is 0.931. The van der Waals surface area contributed by atoms with E-state index in [1.165, 1.54) is 4.88 Å². The van der Waals surface area contributed by atoms with Crippen LogP contribution in [-0.4, -0.2) is 16.7 Å². The van der Waals surface area contributed by atoms with Gasteiger partial charge in [0.05, 0.1) is 24.0 Å². The van der Waals surface area contributed by atoms with Gasteiger partial charge in [0.1, 0.15) is 10.8 Å². The minimum Gasteiger partial charge on any atom is -0.493 e. The van der Waals surface area contributed by atoms with Gasteiger partial charge in [0.2, 0.25) is 0 Å². The fraction of sp³-hybridized carbons (Fsp3) is 0.400. The van der Waals surface area contributed by atoms with Crippen molar-refractivity contribution in [2.45, 2.75) is 32.3 Å². The third-order valence-corrected chi connectivity index (χ3v) is 4.51. The molecule has 3 nitrogen and oxygen atoms in total. The Morgan fingerprint density at radius 2 is 2.26 bits per heavy atom. The van der Waals surface area contributed by atoms with Crippen LogP contribution in [-0.2, 0) is 6.42 Å². The number of para-hydroxylation sites is 1. The maximum atomic E-state index is 10.0. The van der Waals surface area contributed by atoms with E-state index in [0.29, 0.717) is 6.61 Å². The Labute approximate surface area is 116 Å². The summed E-state index contributed by atoms with van der Waals surface area (Å²) in [5.41, 5.74) is 1.90. The first-order chi connectivity index (χ1) is 9.29. The second-order valence-corrected chi connectivity index (χ2v) is 5.75. The number of nitrogens with zero attached hydrogens (tertiary/aromatic N) is 1. The normalized spacial score (nSPS) is 18.1. The van der Waals surface area contributed by atoms with Crippen molar-refractivity contribution in [3.05, 3.63) is 34.8 Å². The van der Waals surface area contributed by atoms with Gasteiger partial charge in [-0.1, -0.05) is 12.1 Å². The van der Waals surface area contributed by atoms with Crippen LogP contribution in [0.25, 0.3) is 10.6 Å². The smallest absolute Gasteiger partial charge is 0.129 e. The largest absolute Gasteiger partial charge is 0.493 e. The Bertz CT molecular complexity index is 579. The molecule has 1 heterocycles. The summed E-state index contributed by atoms with van der Waals surface area (Å²) in [7, 11) is 0. The molecule has 0 amide bonds. The van der Waals surface area contributed by atoms with E-state index < -0.39 is 6.10 Å². The van der Waals surface area contributed by atoms with Gasteiger partial charge in [0.15, 0.2) is 0 Å². The van der Waals surface area contributed by atoms with Gasteiger partial charge in [-0.15, -0.1) is 11.3 Å². The first-order valence-corrected chi connectivity index (χ1v) is 7.51. The van der Waals surface area contributed by atoms with Crippen LogP contribution in [0.15, 0.2) is 24.3 Å². The molecule has 1 unspecified atom stereocenters. The zero-order valence-corrected chi connectivity index (χ0v) is 11.7. The van der Waals surface area contributed by atoms with Gasteiger partial charge in [-0.2, -0.15) is 0 Å². The molecule has 4 heteroatoms. The van der Waals surface area contributed by atoms with E-state index in [4.69, 9.17) is 4.74 Å². The van der Waals surface area contributed by atoms with Crippen molar-refractivity contribution >= 4 is 11.3 Å². The Morgan fingerprint density at radius 3 is 3.05 bits per heavy atom. The number of ether oxygens (including phenoxy) is 1. The third kappa shape index (κ3) is 2.38. The average Bonchev–Trinajstić information content (AvgIpc) is 2.85. The minimum absolute atomic E-state index is 0.395. The lowest BCUT2D eigenvalue weighted by molar-refractivity contribution is 0.153. The first kappa shape index (κ1) is 12.6. The van der Waals surface area contributed by atoms with Crippen molar-refractivity contribution in [1.29, 1.82) is 0 Å². The molecule has 2 aromatic rings. The summed E-state index contributed by atoms with van der Waals surface area (Å²) in [6.07, 6.45) is 2.50. The Kier molecular flexibility index (Phi) is 3.53. The van der Waals surface area contributed by atoms with Crippen LogP contribution in [0.3, 0.4) is 0 Å². The summed E-state index contributed by atoms with van der Waals surface area (Å²) in [5.74, 6) is 0.866. The minimum atomic E-state index is -0.395. The molecule has 1 N–H and O–H groups in total. The molecule has 0 fully saturated rings. The van der Waals surface area contributed by atoms with Crippen LogP contribution in [0.2, 0.25) is 0 Å². The van der Waals surface area contributed by atoms with Crippen molar-refractivity contribution in [3.8, 4) is 16.3 Å². The molecule has 1 aliphatic carbocycles. The SMILES string of the molecule is CCOc1ccccc1-c1nc2c(s1)CCCC2O. The molecule has 1 atom stereocenters. The monoisotopic (exact) mass is 275 g/mol. The first-order valence-electron chi connectivity index (χ1n) is 6.69. The van der Waals surface area contributed by atoms with E-state index in [1.807, 2.05) is 31.2 Å². The van der Waals surface area contributed by atoms with E-state index in [0.717, 1.165) is 41.3 Å². The number of aliphatic hydroxyl groups is 1. The van der Waals surface area contributed by atoms with Gasteiger partial charge in [-0.05, 0) is 38.3 Å². The number of fused-ring (bicyclic) bond motifs is 1. The predicted molar refractivity (Wildman–Crippen MR) is 76.6 cm³/mol. The maximum absolute atomic E-state index is 10.0. The van der Waals surface area contributed by atoms with Crippen LogP contribution >= 0.6 is 11.3 Å². The second-order valence-electron chi connectivity index (χ2n) is 4.66. The fourth-order valence-corrected chi connectivity index (χ4v) is 3.62. The van der Waals surface area contributed by atoms with E-state index in [-0.39, 0.29) is 0 Å². The number of hydrogen-bond donors (Lipinski definition) is 1. The zero-order chi connectivity index (χ0) is 13.2. The van der Waals surface area contributed by atoms with Gasteiger partial charge in [-0.25, -0.2) is 4.98 Å². The molecule has 1 aromatic heterocycles.